The zero-order valence-corrected chi connectivity index (χ0v) is 10.0. The van der Waals surface area contributed by atoms with E-state index in [0.29, 0.717) is 19.3 Å². The number of alkyl halides is 3. The SMILES string of the molecule is CCOC(=O)[C@@H](N)CCCCNC(=O)C(F)(F)F. The number of nitrogens with one attached hydrogen (secondary N) is 1. The minimum Gasteiger partial charge on any atom is -0.465 e. The lowest BCUT2D eigenvalue weighted by Gasteiger charge is -2.10. The summed E-state index contributed by atoms with van der Waals surface area (Å²) in [6.45, 7) is 1.78. The first kappa shape index (κ1) is 16.7. The quantitative estimate of drug-likeness (QED) is 0.527. The van der Waals surface area contributed by atoms with Crippen LogP contribution in [0.3, 0.4) is 0 Å². The molecule has 0 unspecified atom stereocenters. The fourth-order valence-electron chi connectivity index (χ4n) is 1.16. The van der Waals surface area contributed by atoms with Crippen LogP contribution in [0, 0.1) is 0 Å². The van der Waals surface area contributed by atoms with Gasteiger partial charge in [0.1, 0.15) is 6.04 Å². The van der Waals surface area contributed by atoms with Crippen LogP contribution < -0.4 is 11.1 Å². The molecule has 0 saturated heterocycles. The summed E-state index contributed by atoms with van der Waals surface area (Å²) in [5.74, 6) is -2.49. The molecule has 0 aliphatic rings. The number of rotatable bonds is 7. The first-order valence-corrected chi connectivity index (χ1v) is 5.56. The molecule has 0 aromatic carbocycles. The Morgan fingerprint density at radius 3 is 2.44 bits per heavy atom. The van der Waals surface area contributed by atoms with E-state index in [-0.39, 0.29) is 13.2 Å². The van der Waals surface area contributed by atoms with Crippen LogP contribution in [0.5, 0.6) is 0 Å². The Kier molecular flexibility index (Phi) is 7.33. The summed E-state index contributed by atoms with van der Waals surface area (Å²) >= 11 is 0. The van der Waals surface area contributed by atoms with Gasteiger partial charge in [-0.3, -0.25) is 9.59 Å². The number of carbonyl (C=O) groups is 2. The van der Waals surface area contributed by atoms with Crippen LogP contribution in [-0.4, -0.2) is 37.2 Å². The number of unbranched alkanes of at least 4 members (excludes halogenated alkanes) is 1. The molecule has 3 N–H and O–H groups in total. The molecule has 0 aromatic rings. The Hall–Kier alpha value is -1.31. The molecular formula is C10H17F3N2O3. The Morgan fingerprint density at radius 2 is 1.94 bits per heavy atom. The lowest BCUT2D eigenvalue weighted by molar-refractivity contribution is -0.173. The molecule has 0 spiro atoms. The van der Waals surface area contributed by atoms with Gasteiger partial charge < -0.3 is 15.8 Å². The number of nitrogens with two attached hydrogens (primary N) is 1. The molecule has 1 amide bonds. The molecule has 1 atom stereocenters. The second-order valence-corrected chi connectivity index (χ2v) is 3.61. The Morgan fingerprint density at radius 1 is 1.33 bits per heavy atom. The molecule has 0 bridgehead atoms. The molecule has 5 nitrogen and oxygen atoms in total. The third kappa shape index (κ3) is 7.10. The highest BCUT2D eigenvalue weighted by Gasteiger charge is 2.38. The van der Waals surface area contributed by atoms with Crippen molar-refractivity contribution < 1.29 is 27.5 Å². The van der Waals surface area contributed by atoms with Gasteiger partial charge in [-0.25, -0.2) is 0 Å². The van der Waals surface area contributed by atoms with E-state index >= 15 is 0 Å². The van der Waals surface area contributed by atoms with E-state index in [0.717, 1.165) is 0 Å². The number of hydrogen-bond donors (Lipinski definition) is 2. The van der Waals surface area contributed by atoms with E-state index in [4.69, 9.17) is 5.73 Å². The van der Waals surface area contributed by atoms with Gasteiger partial charge in [-0.05, 0) is 26.2 Å². The fraction of sp³-hybridized carbons (Fsp3) is 0.800. The highest BCUT2D eigenvalue weighted by atomic mass is 19.4. The van der Waals surface area contributed by atoms with E-state index in [2.05, 4.69) is 4.74 Å². The van der Waals surface area contributed by atoms with E-state index in [1.165, 1.54) is 0 Å². The van der Waals surface area contributed by atoms with Gasteiger partial charge >= 0.3 is 18.1 Å². The van der Waals surface area contributed by atoms with E-state index in [9.17, 15) is 22.8 Å². The van der Waals surface area contributed by atoms with Crippen molar-refractivity contribution in [2.75, 3.05) is 13.2 Å². The molecular weight excluding hydrogens is 253 g/mol. The summed E-state index contributed by atoms with van der Waals surface area (Å²) in [6, 6.07) is -0.775. The van der Waals surface area contributed by atoms with Crippen LogP contribution in [-0.2, 0) is 14.3 Å². The predicted octanol–water partition coefficient (Wildman–Crippen LogP) is 0.726. The van der Waals surface area contributed by atoms with Crippen molar-refractivity contribution in [2.45, 2.75) is 38.4 Å². The number of carbonyl (C=O) groups excluding carboxylic acids is 2. The molecule has 18 heavy (non-hydrogen) atoms. The van der Waals surface area contributed by atoms with Gasteiger partial charge in [0.15, 0.2) is 0 Å². The molecule has 0 fully saturated rings. The molecule has 0 heterocycles. The third-order valence-corrected chi connectivity index (χ3v) is 2.07. The minimum atomic E-state index is -4.86. The molecule has 8 heteroatoms. The summed E-state index contributed by atoms with van der Waals surface area (Å²) in [5.41, 5.74) is 5.47. The first-order valence-electron chi connectivity index (χ1n) is 5.56. The smallest absolute Gasteiger partial charge is 0.465 e. The Balaban J connectivity index is 3.63. The second-order valence-electron chi connectivity index (χ2n) is 3.61. The van der Waals surface area contributed by atoms with Crippen molar-refractivity contribution in [3.63, 3.8) is 0 Å². The number of amides is 1. The van der Waals surface area contributed by atoms with Gasteiger partial charge in [-0.2, -0.15) is 13.2 Å². The number of halogens is 3. The van der Waals surface area contributed by atoms with E-state index < -0.39 is 24.1 Å². The minimum absolute atomic E-state index is 0.103. The number of esters is 1. The van der Waals surface area contributed by atoms with Gasteiger partial charge in [0.25, 0.3) is 0 Å². The maximum absolute atomic E-state index is 11.8. The van der Waals surface area contributed by atoms with Crippen molar-refractivity contribution >= 4 is 11.9 Å². The molecule has 0 aromatic heterocycles. The lowest BCUT2D eigenvalue weighted by atomic mass is 10.1. The molecule has 0 saturated carbocycles. The summed E-state index contributed by atoms with van der Waals surface area (Å²) < 4.78 is 40.0. The van der Waals surface area contributed by atoms with Crippen LogP contribution in [0.4, 0.5) is 13.2 Å². The van der Waals surface area contributed by atoms with Crippen LogP contribution in [0.1, 0.15) is 26.2 Å². The van der Waals surface area contributed by atoms with E-state index in [1.54, 1.807) is 12.2 Å². The Labute approximate surface area is 103 Å². The average Bonchev–Trinajstić information content (AvgIpc) is 2.27. The van der Waals surface area contributed by atoms with Crippen molar-refractivity contribution in [2.24, 2.45) is 5.73 Å². The molecule has 0 aliphatic heterocycles. The summed E-state index contributed by atoms with van der Waals surface area (Å²) in [7, 11) is 0. The van der Waals surface area contributed by atoms with Crippen molar-refractivity contribution in [1.29, 1.82) is 0 Å². The van der Waals surface area contributed by atoms with Crippen LogP contribution in [0.15, 0.2) is 0 Å². The molecule has 106 valence electrons. The van der Waals surface area contributed by atoms with Gasteiger partial charge in [-0.1, -0.05) is 0 Å². The normalized spacial score (nSPS) is 12.9. The largest absolute Gasteiger partial charge is 0.471 e. The fourth-order valence-corrected chi connectivity index (χ4v) is 1.16. The average molecular weight is 270 g/mol. The monoisotopic (exact) mass is 270 g/mol. The molecule has 0 radical (unpaired) electrons. The lowest BCUT2D eigenvalue weighted by Crippen LogP contribution is -2.37. The summed E-state index contributed by atoms with van der Waals surface area (Å²) in [6.07, 6.45) is -3.81. The standard InChI is InChI=1S/C10H17F3N2O3/c1-2-18-8(16)7(14)5-3-4-6-15-9(17)10(11,12)13/h7H,2-6,14H2,1H3,(H,15,17)/t7-/m0/s1. The van der Waals surface area contributed by atoms with Crippen molar-refractivity contribution in [3.8, 4) is 0 Å². The zero-order chi connectivity index (χ0) is 14.2. The van der Waals surface area contributed by atoms with Gasteiger partial charge in [-0.15, -0.1) is 0 Å². The van der Waals surface area contributed by atoms with Crippen LogP contribution >= 0.6 is 0 Å². The predicted molar refractivity (Wildman–Crippen MR) is 57.5 cm³/mol. The zero-order valence-electron chi connectivity index (χ0n) is 10.0. The van der Waals surface area contributed by atoms with Crippen molar-refractivity contribution in [1.82, 2.24) is 5.32 Å². The van der Waals surface area contributed by atoms with Crippen LogP contribution in [0.2, 0.25) is 0 Å². The first-order chi connectivity index (χ1) is 8.29. The maximum Gasteiger partial charge on any atom is 0.471 e. The highest BCUT2D eigenvalue weighted by Crippen LogP contribution is 2.14. The third-order valence-electron chi connectivity index (χ3n) is 2.07. The molecule has 0 aliphatic carbocycles. The second kappa shape index (κ2) is 7.91. The number of ether oxygens (including phenoxy) is 1. The Bertz CT molecular complexity index is 282. The van der Waals surface area contributed by atoms with E-state index in [1.807, 2.05) is 0 Å². The summed E-state index contributed by atoms with van der Waals surface area (Å²) in [5, 5.41) is 1.73. The highest BCUT2D eigenvalue weighted by molar-refractivity contribution is 5.81. The van der Waals surface area contributed by atoms with Gasteiger partial charge in [0, 0.05) is 6.54 Å². The molecule has 0 rings (SSSR count). The van der Waals surface area contributed by atoms with Gasteiger partial charge in [0.2, 0.25) is 0 Å². The summed E-state index contributed by atoms with van der Waals surface area (Å²) in [4.78, 5) is 21.5. The van der Waals surface area contributed by atoms with Crippen molar-refractivity contribution in [3.05, 3.63) is 0 Å². The van der Waals surface area contributed by atoms with Crippen LogP contribution in [0.25, 0.3) is 0 Å². The maximum atomic E-state index is 11.8. The van der Waals surface area contributed by atoms with Gasteiger partial charge in [0.05, 0.1) is 6.61 Å². The topological polar surface area (TPSA) is 81.4 Å². The number of hydrogen-bond acceptors (Lipinski definition) is 4.